The third-order valence-electron chi connectivity index (χ3n) is 3.54. The van der Waals surface area contributed by atoms with Gasteiger partial charge in [-0.15, -0.1) is 0 Å². The molecule has 1 heteroatoms. The molecule has 74 valence electrons. The summed E-state index contributed by atoms with van der Waals surface area (Å²) in [6, 6.07) is 0. The quantitative estimate of drug-likeness (QED) is 0.652. The summed E-state index contributed by atoms with van der Waals surface area (Å²) in [5.41, 5.74) is 2.37. The van der Waals surface area contributed by atoms with E-state index < -0.39 is 0 Å². The van der Waals surface area contributed by atoms with E-state index in [1.165, 1.54) is 31.5 Å². The maximum atomic E-state index is 4.14. The average Bonchev–Trinajstić information content (AvgIpc) is 2.69. The van der Waals surface area contributed by atoms with Crippen LogP contribution < -0.4 is 5.32 Å². The predicted octanol–water partition coefficient (Wildman–Crippen LogP) is 2.94. The topological polar surface area (TPSA) is 12.0 Å². The van der Waals surface area contributed by atoms with Crippen molar-refractivity contribution in [1.29, 1.82) is 0 Å². The van der Waals surface area contributed by atoms with Gasteiger partial charge in [0.05, 0.1) is 0 Å². The number of rotatable bonds is 1. The van der Waals surface area contributed by atoms with Crippen molar-refractivity contribution in [2.45, 2.75) is 40.0 Å². The molecule has 2 fully saturated rings. The minimum absolute atomic E-state index is 0.440. The van der Waals surface area contributed by atoms with E-state index in [0.717, 1.165) is 5.92 Å². The summed E-state index contributed by atoms with van der Waals surface area (Å²) >= 11 is 0. The van der Waals surface area contributed by atoms with Gasteiger partial charge in [0.2, 0.25) is 0 Å². The molecule has 0 bridgehead atoms. The van der Waals surface area contributed by atoms with Crippen molar-refractivity contribution < 1.29 is 0 Å². The molecule has 1 nitrogen and oxygen atoms in total. The Morgan fingerprint density at radius 3 is 2.54 bits per heavy atom. The van der Waals surface area contributed by atoms with Crippen LogP contribution in [0.1, 0.15) is 40.0 Å². The van der Waals surface area contributed by atoms with Gasteiger partial charge in [0.15, 0.2) is 0 Å². The van der Waals surface area contributed by atoms with Crippen LogP contribution in [0, 0.1) is 16.7 Å². The molecule has 2 rings (SSSR count). The van der Waals surface area contributed by atoms with Crippen LogP contribution in [0.4, 0.5) is 0 Å². The summed E-state index contributed by atoms with van der Waals surface area (Å²) in [6.07, 6.45) is 4.12. The highest BCUT2D eigenvalue weighted by atomic mass is 15.0. The van der Waals surface area contributed by atoms with Gasteiger partial charge < -0.3 is 5.32 Å². The second kappa shape index (κ2) is 2.52. The van der Waals surface area contributed by atoms with Crippen LogP contribution in [0.25, 0.3) is 0 Å². The van der Waals surface area contributed by atoms with E-state index in [1.54, 1.807) is 0 Å². The van der Waals surface area contributed by atoms with E-state index in [2.05, 4.69) is 32.7 Å². The standard InChI is InChI=1S/C12H21N/c1-9-10(7-11(2,3)4)12(5-6-12)8-13-9/h10,13H,1,5-8H2,2-4H3. The van der Waals surface area contributed by atoms with Crippen LogP contribution in [0.15, 0.2) is 12.3 Å². The Kier molecular flexibility index (Phi) is 1.77. The Labute approximate surface area is 81.6 Å². The van der Waals surface area contributed by atoms with Crippen LogP contribution in [-0.4, -0.2) is 6.54 Å². The lowest BCUT2D eigenvalue weighted by Gasteiger charge is -2.26. The highest BCUT2D eigenvalue weighted by Gasteiger charge is 2.54. The second-order valence-corrected chi connectivity index (χ2v) is 6.06. The summed E-state index contributed by atoms with van der Waals surface area (Å²) in [5, 5.41) is 3.45. The van der Waals surface area contributed by atoms with E-state index >= 15 is 0 Å². The van der Waals surface area contributed by atoms with Gasteiger partial charge in [-0.25, -0.2) is 0 Å². The van der Waals surface area contributed by atoms with Crippen LogP contribution in [0.3, 0.4) is 0 Å². The van der Waals surface area contributed by atoms with Crippen molar-refractivity contribution in [3.05, 3.63) is 12.3 Å². The fourth-order valence-corrected chi connectivity index (χ4v) is 2.54. The molecule has 1 atom stereocenters. The first kappa shape index (κ1) is 9.11. The Balaban J connectivity index is 2.08. The normalized spacial score (nSPS) is 30.7. The lowest BCUT2D eigenvalue weighted by atomic mass is 9.77. The maximum Gasteiger partial charge on any atom is 0.0206 e. The Morgan fingerprint density at radius 2 is 2.08 bits per heavy atom. The average molecular weight is 179 g/mol. The second-order valence-electron chi connectivity index (χ2n) is 6.06. The van der Waals surface area contributed by atoms with Crippen molar-refractivity contribution in [1.82, 2.24) is 5.32 Å². The third-order valence-corrected chi connectivity index (χ3v) is 3.54. The minimum atomic E-state index is 0.440. The number of hydrogen-bond donors (Lipinski definition) is 1. The zero-order valence-electron chi connectivity index (χ0n) is 9.11. The molecule has 1 N–H and O–H groups in total. The molecule has 1 heterocycles. The van der Waals surface area contributed by atoms with Crippen molar-refractivity contribution in [3.63, 3.8) is 0 Å². The zero-order valence-corrected chi connectivity index (χ0v) is 9.11. The fourth-order valence-electron chi connectivity index (χ4n) is 2.54. The molecule has 1 saturated heterocycles. The molecule has 1 unspecified atom stereocenters. The van der Waals surface area contributed by atoms with E-state index in [0.29, 0.717) is 10.8 Å². The molecule has 2 aliphatic rings. The van der Waals surface area contributed by atoms with Crippen molar-refractivity contribution in [2.24, 2.45) is 16.7 Å². The highest BCUT2D eigenvalue weighted by molar-refractivity contribution is 5.19. The van der Waals surface area contributed by atoms with E-state index in [4.69, 9.17) is 0 Å². The number of nitrogens with one attached hydrogen (secondary N) is 1. The fraction of sp³-hybridized carbons (Fsp3) is 0.833. The first-order valence-electron chi connectivity index (χ1n) is 5.36. The maximum absolute atomic E-state index is 4.14. The Hall–Kier alpha value is -0.460. The van der Waals surface area contributed by atoms with Gasteiger partial charge in [0.25, 0.3) is 0 Å². The highest BCUT2D eigenvalue weighted by Crippen LogP contribution is 2.59. The molecule has 0 aromatic carbocycles. The van der Waals surface area contributed by atoms with Crippen LogP contribution in [-0.2, 0) is 0 Å². The summed E-state index contributed by atoms with van der Waals surface area (Å²) in [7, 11) is 0. The van der Waals surface area contributed by atoms with E-state index in [-0.39, 0.29) is 0 Å². The first-order chi connectivity index (χ1) is 5.93. The SMILES string of the molecule is C=C1NCC2(CC2)C1CC(C)(C)C. The Morgan fingerprint density at radius 1 is 1.46 bits per heavy atom. The molecular formula is C12H21N. The summed E-state index contributed by atoms with van der Waals surface area (Å²) in [5.74, 6) is 0.743. The van der Waals surface area contributed by atoms with Crippen LogP contribution >= 0.6 is 0 Å². The molecule has 0 radical (unpaired) electrons. The largest absolute Gasteiger partial charge is 0.388 e. The first-order valence-corrected chi connectivity index (χ1v) is 5.36. The Bertz CT molecular complexity index is 230. The van der Waals surface area contributed by atoms with Gasteiger partial charge in [-0.05, 0) is 30.1 Å². The minimum Gasteiger partial charge on any atom is -0.388 e. The van der Waals surface area contributed by atoms with Crippen molar-refractivity contribution in [3.8, 4) is 0 Å². The van der Waals surface area contributed by atoms with Gasteiger partial charge in [0.1, 0.15) is 0 Å². The van der Waals surface area contributed by atoms with E-state index in [1.807, 2.05) is 0 Å². The smallest absolute Gasteiger partial charge is 0.0206 e. The lowest BCUT2D eigenvalue weighted by molar-refractivity contribution is 0.267. The monoisotopic (exact) mass is 179 g/mol. The van der Waals surface area contributed by atoms with Gasteiger partial charge >= 0.3 is 0 Å². The van der Waals surface area contributed by atoms with Gasteiger partial charge in [0, 0.05) is 18.2 Å². The summed E-state index contributed by atoms with van der Waals surface area (Å²) in [6.45, 7) is 12.3. The molecule has 0 aromatic heterocycles. The summed E-state index contributed by atoms with van der Waals surface area (Å²) < 4.78 is 0. The van der Waals surface area contributed by atoms with Crippen molar-refractivity contribution in [2.75, 3.05) is 6.54 Å². The van der Waals surface area contributed by atoms with Gasteiger partial charge in [-0.2, -0.15) is 0 Å². The molecule has 1 aliphatic carbocycles. The molecule has 1 aliphatic heterocycles. The number of allylic oxidation sites excluding steroid dienone is 1. The van der Waals surface area contributed by atoms with Crippen molar-refractivity contribution >= 4 is 0 Å². The molecule has 13 heavy (non-hydrogen) atoms. The molecule has 0 aromatic rings. The zero-order chi connectivity index (χ0) is 9.69. The van der Waals surface area contributed by atoms with E-state index in [9.17, 15) is 0 Å². The van der Waals surface area contributed by atoms with Gasteiger partial charge in [-0.3, -0.25) is 0 Å². The third kappa shape index (κ3) is 1.61. The molecule has 1 saturated carbocycles. The lowest BCUT2D eigenvalue weighted by Crippen LogP contribution is -2.19. The molecule has 0 amide bonds. The molecular weight excluding hydrogens is 158 g/mol. The number of hydrogen-bond acceptors (Lipinski definition) is 1. The van der Waals surface area contributed by atoms with Crippen LogP contribution in [0.2, 0.25) is 0 Å². The summed E-state index contributed by atoms with van der Waals surface area (Å²) in [4.78, 5) is 0. The predicted molar refractivity (Wildman–Crippen MR) is 56.4 cm³/mol. The molecule has 1 spiro atoms. The van der Waals surface area contributed by atoms with Gasteiger partial charge in [-0.1, -0.05) is 27.4 Å². The van der Waals surface area contributed by atoms with Crippen LogP contribution in [0.5, 0.6) is 0 Å².